The van der Waals surface area contributed by atoms with E-state index < -0.39 is 11.4 Å². The molecule has 0 saturated heterocycles. The first-order chi connectivity index (χ1) is 17.5. The Kier molecular flexibility index (Phi) is 7.45. The molecule has 0 aromatic heterocycles. The molecule has 8 heteroatoms. The Morgan fingerprint density at radius 1 is 1.08 bits per heavy atom. The molecule has 1 heterocycles. The maximum absolute atomic E-state index is 13.0. The van der Waals surface area contributed by atoms with Crippen molar-refractivity contribution < 1.29 is 14.4 Å². The number of halogens is 1. The summed E-state index contributed by atoms with van der Waals surface area (Å²) >= 11 is 6.01. The van der Waals surface area contributed by atoms with Crippen molar-refractivity contribution in [3.8, 4) is 0 Å². The number of nitrogens with one attached hydrogen (secondary N) is 2. The standard InChI is InChI=1S/C29H29ClN4O3/c1-18-6-5-7-22(12-18)32-28(37)33-27-17-34(16-26(36)29(2,3)4)24-11-8-19(13-20(24)15-31-27)23-10-9-21(30)14-25(23)35/h5-13,15,17H,14,16H2,1-4H3,(H2,32,33,37). The molecule has 0 atom stereocenters. The highest BCUT2D eigenvalue weighted by Gasteiger charge is 2.26. The van der Waals surface area contributed by atoms with Crippen LogP contribution in [-0.2, 0) is 9.59 Å². The van der Waals surface area contributed by atoms with E-state index in [2.05, 4.69) is 15.6 Å². The molecule has 0 saturated carbocycles. The van der Waals surface area contributed by atoms with Gasteiger partial charge in [0.05, 0.1) is 12.2 Å². The molecular formula is C29H29ClN4O3. The van der Waals surface area contributed by atoms with Gasteiger partial charge >= 0.3 is 6.03 Å². The van der Waals surface area contributed by atoms with Crippen LogP contribution in [0.5, 0.6) is 0 Å². The fourth-order valence-electron chi connectivity index (χ4n) is 3.90. The molecule has 1 aliphatic heterocycles. The van der Waals surface area contributed by atoms with E-state index in [0.29, 0.717) is 21.9 Å². The van der Waals surface area contributed by atoms with Gasteiger partial charge in [-0.3, -0.25) is 14.9 Å². The minimum Gasteiger partial charge on any atom is -0.336 e. The number of amides is 2. The first-order valence-corrected chi connectivity index (χ1v) is 12.3. The first kappa shape index (κ1) is 26.1. The zero-order valence-corrected chi connectivity index (χ0v) is 22.0. The molecule has 7 nitrogen and oxygen atoms in total. The molecular weight excluding hydrogens is 488 g/mol. The van der Waals surface area contributed by atoms with Crippen LogP contribution in [0.3, 0.4) is 0 Å². The lowest BCUT2D eigenvalue weighted by molar-refractivity contribution is -0.124. The van der Waals surface area contributed by atoms with Gasteiger partial charge in [-0.25, -0.2) is 9.79 Å². The number of aryl methyl sites for hydroxylation is 1. The summed E-state index contributed by atoms with van der Waals surface area (Å²) in [6.07, 6.45) is 6.87. The number of ketones is 2. The molecule has 2 amide bonds. The number of aliphatic imine (C=N–C) groups is 1. The van der Waals surface area contributed by atoms with Crippen molar-refractivity contribution in [1.82, 2.24) is 5.32 Å². The number of hydrogen-bond acceptors (Lipinski definition) is 5. The minimum atomic E-state index is -0.553. The van der Waals surface area contributed by atoms with Gasteiger partial charge in [0.15, 0.2) is 11.6 Å². The zero-order valence-electron chi connectivity index (χ0n) is 21.3. The second-order valence-electron chi connectivity index (χ2n) is 10.1. The first-order valence-electron chi connectivity index (χ1n) is 11.9. The summed E-state index contributed by atoms with van der Waals surface area (Å²) < 4.78 is 0. The number of benzene rings is 2. The van der Waals surface area contributed by atoms with Crippen LogP contribution in [0.15, 0.2) is 76.7 Å². The Morgan fingerprint density at radius 2 is 1.86 bits per heavy atom. The Hall–Kier alpha value is -3.97. The van der Waals surface area contributed by atoms with E-state index >= 15 is 0 Å². The van der Waals surface area contributed by atoms with Crippen molar-refractivity contribution in [1.29, 1.82) is 0 Å². The summed E-state index contributed by atoms with van der Waals surface area (Å²) in [5.74, 6) is 0.229. The largest absolute Gasteiger partial charge is 0.336 e. The van der Waals surface area contributed by atoms with E-state index in [-0.39, 0.29) is 30.4 Å². The molecule has 2 N–H and O–H groups in total. The van der Waals surface area contributed by atoms with Gasteiger partial charge in [0.2, 0.25) is 0 Å². The van der Waals surface area contributed by atoms with E-state index in [1.54, 1.807) is 35.5 Å². The third kappa shape index (κ3) is 6.43. The van der Waals surface area contributed by atoms with Crippen molar-refractivity contribution in [2.45, 2.75) is 34.1 Å². The van der Waals surface area contributed by atoms with E-state index in [1.807, 2.05) is 64.1 Å². The van der Waals surface area contributed by atoms with Crippen LogP contribution in [0.1, 0.15) is 43.9 Å². The number of rotatable bonds is 5. The highest BCUT2D eigenvalue weighted by molar-refractivity contribution is 6.35. The van der Waals surface area contributed by atoms with Crippen LogP contribution in [0.2, 0.25) is 0 Å². The van der Waals surface area contributed by atoms with Crippen molar-refractivity contribution >= 4 is 52.4 Å². The predicted molar refractivity (Wildman–Crippen MR) is 149 cm³/mol. The lowest BCUT2D eigenvalue weighted by Crippen LogP contribution is -2.34. The van der Waals surface area contributed by atoms with Gasteiger partial charge in [0.25, 0.3) is 0 Å². The number of carbonyl (C=O) groups excluding carboxylic acids is 3. The number of nitrogens with zero attached hydrogens (tertiary/aromatic N) is 2. The van der Waals surface area contributed by atoms with Gasteiger partial charge in [0.1, 0.15) is 5.82 Å². The molecule has 0 radical (unpaired) electrons. The van der Waals surface area contributed by atoms with Gasteiger partial charge in [-0.2, -0.15) is 0 Å². The summed E-state index contributed by atoms with van der Waals surface area (Å²) in [5, 5.41) is 6.07. The Balaban J connectivity index is 1.65. The van der Waals surface area contributed by atoms with Crippen LogP contribution in [0, 0.1) is 12.3 Å². The van der Waals surface area contributed by atoms with Gasteiger partial charge in [-0.15, -0.1) is 0 Å². The van der Waals surface area contributed by atoms with Crippen LogP contribution in [0.25, 0.3) is 5.57 Å². The van der Waals surface area contributed by atoms with Gasteiger partial charge in [-0.1, -0.05) is 50.6 Å². The summed E-state index contributed by atoms with van der Waals surface area (Å²) in [5.41, 5.74) is 3.86. The zero-order chi connectivity index (χ0) is 26.7. The van der Waals surface area contributed by atoms with Crippen LogP contribution >= 0.6 is 11.6 Å². The number of carbonyl (C=O) groups is 3. The summed E-state index contributed by atoms with van der Waals surface area (Å²) in [7, 11) is 0. The molecule has 0 fully saturated rings. The third-order valence-corrected chi connectivity index (χ3v) is 6.26. The number of urea groups is 1. The average molecular weight is 517 g/mol. The van der Waals surface area contributed by atoms with E-state index in [4.69, 9.17) is 11.6 Å². The monoisotopic (exact) mass is 516 g/mol. The lowest BCUT2D eigenvalue weighted by atomic mass is 9.90. The number of hydrogen-bond donors (Lipinski definition) is 2. The highest BCUT2D eigenvalue weighted by Crippen LogP contribution is 2.31. The van der Waals surface area contributed by atoms with Crippen LogP contribution < -0.4 is 15.5 Å². The Labute approximate surface area is 221 Å². The van der Waals surface area contributed by atoms with Gasteiger partial charge in [-0.05, 0) is 54.5 Å². The van der Waals surface area contributed by atoms with E-state index in [9.17, 15) is 14.4 Å². The minimum absolute atomic E-state index is 0.0224. The lowest BCUT2D eigenvalue weighted by Gasteiger charge is -2.26. The van der Waals surface area contributed by atoms with Gasteiger partial charge < -0.3 is 10.2 Å². The fourth-order valence-corrected chi connectivity index (χ4v) is 4.08. The number of fused-ring (bicyclic) bond motifs is 1. The van der Waals surface area contributed by atoms with E-state index in [1.165, 1.54) is 0 Å². The maximum atomic E-state index is 13.0. The maximum Gasteiger partial charge on any atom is 0.324 e. The molecule has 0 unspecified atom stereocenters. The van der Waals surface area contributed by atoms with Crippen LogP contribution in [-0.4, -0.2) is 30.4 Å². The van der Waals surface area contributed by atoms with E-state index in [0.717, 1.165) is 16.8 Å². The Morgan fingerprint density at radius 3 is 2.57 bits per heavy atom. The third-order valence-electron chi connectivity index (χ3n) is 6.00. The summed E-state index contributed by atoms with van der Waals surface area (Å²) in [6.45, 7) is 7.63. The summed E-state index contributed by atoms with van der Waals surface area (Å²) in [6, 6.07) is 12.6. The smallest absolute Gasteiger partial charge is 0.324 e. The van der Waals surface area contributed by atoms with Crippen molar-refractivity contribution in [2.24, 2.45) is 10.4 Å². The normalized spacial score (nSPS) is 15.2. The molecule has 4 rings (SSSR count). The number of anilines is 2. The van der Waals surface area contributed by atoms with Crippen molar-refractivity contribution in [3.05, 3.63) is 88.4 Å². The summed E-state index contributed by atoms with van der Waals surface area (Å²) in [4.78, 5) is 44.5. The quantitative estimate of drug-likeness (QED) is 0.514. The topological polar surface area (TPSA) is 90.9 Å². The number of Topliss-reactive ketones (excluding diaryl/α,β-unsaturated/α-hetero) is 2. The molecule has 2 aromatic carbocycles. The van der Waals surface area contributed by atoms with Crippen LogP contribution in [0.4, 0.5) is 16.2 Å². The number of allylic oxidation sites excluding steroid dienone is 4. The molecule has 1 aliphatic carbocycles. The second-order valence-corrected chi connectivity index (χ2v) is 10.6. The second kappa shape index (κ2) is 10.6. The SMILES string of the molecule is Cc1cccc(NC(=O)NC2=CN(CC(=O)C(C)(C)C)c3ccc(C4=CC=C(Cl)CC4=O)cc3C=N2)c1. The predicted octanol–water partition coefficient (Wildman–Crippen LogP) is 5.95. The van der Waals surface area contributed by atoms with Crippen molar-refractivity contribution in [2.75, 3.05) is 16.8 Å². The molecule has 2 aromatic rings. The molecule has 0 bridgehead atoms. The van der Waals surface area contributed by atoms with Gasteiger partial charge in [0, 0.05) is 46.1 Å². The molecule has 190 valence electrons. The fraction of sp³-hybridized carbons (Fsp3) is 0.241. The van der Waals surface area contributed by atoms with Crippen molar-refractivity contribution in [3.63, 3.8) is 0 Å². The Bertz CT molecular complexity index is 1400. The average Bonchev–Trinajstić information content (AvgIpc) is 2.97. The molecule has 0 spiro atoms. The highest BCUT2D eigenvalue weighted by atomic mass is 35.5. The molecule has 2 aliphatic rings. The molecule has 37 heavy (non-hydrogen) atoms.